The first-order valence-corrected chi connectivity index (χ1v) is 11.9. The minimum Gasteiger partial charge on any atom is -0.458 e. The second-order valence-electron chi connectivity index (χ2n) is 10.4. The molecular weight excluding hydrogens is 458 g/mol. The maximum absolute atomic E-state index is 15.5. The molecule has 176 valence electrons. The molecule has 0 saturated heterocycles. The van der Waals surface area contributed by atoms with Gasteiger partial charge in [-0.25, -0.2) is 4.39 Å². The van der Waals surface area contributed by atoms with Crippen LogP contribution in [0.4, 0.5) is 4.39 Å². The molecule has 0 spiro atoms. The molecule has 0 amide bonds. The molecule has 3 unspecified atom stereocenters. The number of aliphatic hydroxyl groups is 1. The van der Waals surface area contributed by atoms with Crippen LogP contribution in [-0.4, -0.2) is 51.3 Å². The van der Waals surface area contributed by atoms with Crippen molar-refractivity contribution in [1.82, 2.24) is 0 Å². The van der Waals surface area contributed by atoms with Crippen molar-refractivity contribution >= 4 is 40.7 Å². The summed E-state index contributed by atoms with van der Waals surface area (Å²) in [5.74, 6) is -2.61. The smallest absolute Gasteiger partial charge is 0.303 e. The van der Waals surface area contributed by atoms with Gasteiger partial charge in [0.2, 0.25) is 5.78 Å². The van der Waals surface area contributed by atoms with E-state index >= 15 is 4.39 Å². The highest BCUT2D eigenvalue weighted by atomic mass is 35.5. The summed E-state index contributed by atoms with van der Waals surface area (Å²) < 4.78 is 20.4. The Labute approximate surface area is 197 Å². The lowest BCUT2D eigenvalue weighted by Gasteiger charge is -2.64. The number of allylic oxidation sites excluding steroid dienone is 4. The third-order valence-corrected chi connectivity index (χ3v) is 10.5. The quantitative estimate of drug-likeness (QED) is 0.482. The highest BCUT2D eigenvalue weighted by molar-refractivity contribution is 6.34. The molecule has 0 aromatic heterocycles. The zero-order chi connectivity index (χ0) is 23.9. The molecule has 4 rings (SSSR count). The van der Waals surface area contributed by atoms with Crippen LogP contribution in [-0.2, 0) is 19.1 Å². The Hall–Kier alpha value is -1.24. The molecule has 32 heavy (non-hydrogen) atoms. The predicted octanol–water partition coefficient (Wildman–Crippen LogP) is 3.93. The minimum atomic E-state index is -1.78. The molecule has 3 fully saturated rings. The Balaban J connectivity index is 1.79. The first-order chi connectivity index (χ1) is 14.7. The lowest BCUT2D eigenvalue weighted by molar-refractivity contribution is -0.172. The molecule has 4 aliphatic rings. The van der Waals surface area contributed by atoms with Gasteiger partial charge < -0.3 is 9.84 Å². The molecule has 0 aliphatic heterocycles. The lowest BCUT2D eigenvalue weighted by atomic mass is 9.46. The second kappa shape index (κ2) is 7.38. The average molecular weight is 487 g/mol. The number of halogens is 3. The summed E-state index contributed by atoms with van der Waals surface area (Å²) >= 11 is 14.3. The summed E-state index contributed by atoms with van der Waals surface area (Å²) in [5, 5.41) is 11.1. The molecule has 3 saturated carbocycles. The van der Waals surface area contributed by atoms with E-state index in [4.69, 9.17) is 27.9 Å². The first kappa shape index (κ1) is 23.9. The van der Waals surface area contributed by atoms with E-state index in [1.165, 1.54) is 19.1 Å². The van der Waals surface area contributed by atoms with Crippen molar-refractivity contribution < 1.29 is 28.6 Å². The number of carbonyl (C=O) groups is 3. The van der Waals surface area contributed by atoms with Gasteiger partial charge in [0.1, 0.15) is 11.8 Å². The van der Waals surface area contributed by atoms with Crippen LogP contribution in [0.3, 0.4) is 0 Å². The number of hydrogen-bond acceptors (Lipinski definition) is 5. The summed E-state index contributed by atoms with van der Waals surface area (Å²) in [4.78, 5) is 35.3. The topological polar surface area (TPSA) is 80.7 Å². The zero-order valence-corrected chi connectivity index (χ0v) is 20.2. The maximum Gasteiger partial charge on any atom is 0.303 e. The Morgan fingerprint density at radius 2 is 1.94 bits per heavy atom. The van der Waals surface area contributed by atoms with Crippen LogP contribution in [0.15, 0.2) is 23.8 Å². The van der Waals surface area contributed by atoms with Gasteiger partial charge >= 0.3 is 5.97 Å². The van der Waals surface area contributed by atoms with Crippen LogP contribution in [0.25, 0.3) is 0 Å². The molecular formula is C24H29Cl2FO5. The van der Waals surface area contributed by atoms with Gasteiger partial charge in [0.15, 0.2) is 12.4 Å². The van der Waals surface area contributed by atoms with Crippen molar-refractivity contribution in [3.63, 3.8) is 0 Å². The van der Waals surface area contributed by atoms with E-state index in [0.29, 0.717) is 12.0 Å². The number of carbonyl (C=O) groups excluding carboxylic acids is 3. The van der Waals surface area contributed by atoms with Crippen molar-refractivity contribution in [2.75, 3.05) is 6.61 Å². The number of rotatable bonds is 3. The predicted molar refractivity (Wildman–Crippen MR) is 118 cm³/mol. The van der Waals surface area contributed by atoms with Crippen molar-refractivity contribution in [2.24, 2.45) is 28.6 Å². The normalized spacial score (nSPS) is 49.6. The van der Waals surface area contributed by atoms with Crippen LogP contribution < -0.4 is 0 Å². The lowest BCUT2D eigenvalue weighted by Crippen LogP contribution is -2.69. The van der Waals surface area contributed by atoms with Gasteiger partial charge in [-0.1, -0.05) is 26.8 Å². The summed E-state index contributed by atoms with van der Waals surface area (Å²) in [5.41, 5.74) is -3.37. The Kier molecular flexibility index (Phi) is 5.51. The largest absolute Gasteiger partial charge is 0.458 e. The number of ether oxygens (including phenoxy) is 1. The molecule has 4 aliphatic carbocycles. The first-order valence-electron chi connectivity index (χ1n) is 11.0. The van der Waals surface area contributed by atoms with Crippen LogP contribution >= 0.6 is 23.2 Å². The second-order valence-corrected chi connectivity index (χ2v) is 11.6. The molecule has 0 bridgehead atoms. The fourth-order valence-corrected chi connectivity index (χ4v) is 8.55. The van der Waals surface area contributed by atoms with Gasteiger partial charge in [0, 0.05) is 17.8 Å². The Morgan fingerprint density at radius 3 is 2.56 bits per heavy atom. The molecule has 8 heteroatoms. The molecule has 1 N–H and O–H groups in total. The number of hydrogen-bond donors (Lipinski definition) is 1. The van der Waals surface area contributed by atoms with Gasteiger partial charge in [-0.3, -0.25) is 14.4 Å². The molecule has 0 heterocycles. The van der Waals surface area contributed by atoms with Crippen molar-refractivity contribution in [3.05, 3.63) is 23.8 Å². The summed E-state index contributed by atoms with van der Waals surface area (Å²) in [7, 11) is 0. The zero-order valence-electron chi connectivity index (χ0n) is 18.7. The van der Waals surface area contributed by atoms with Crippen LogP contribution in [0.5, 0.6) is 0 Å². The summed E-state index contributed by atoms with van der Waals surface area (Å²) in [6, 6.07) is 0. The third kappa shape index (κ3) is 2.81. The van der Waals surface area contributed by atoms with Gasteiger partial charge in [-0.2, -0.15) is 0 Å². The fraction of sp³-hybridized carbons (Fsp3) is 0.708. The average Bonchev–Trinajstić information content (AvgIpc) is 2.91. The highest BCUT2D eigenvalue weighted by Crippen LogP contribution is 2.72. The van der Waals surface area contributed by atoms with Gasteiger partial charge in [-0.15, -0.1) is 23.2 Å². The highest BCUT2D eigenvalue weighted by Gasteiger charge is 2.75. The van der Waals surface area contributed by atoms with Gasteiger partial charge in [-0.05, 0) is 54.7 Å². The third-order valence-electron chi connectivity index (χ3n) is 9.00. The van der Waals surface area contributed by atoms with Crippen LogP contribution in [0, 0.1) is 28.6 Å². The van der Waals surface area contributed by atoms with Crippen molar-refractivity contribution in [2.45, 2.75) is 69.0 Å². The standard InChI is InChI=1S/C24H29Cl2FO5/c1-12-7-15-16-9-18(27)17-8-14(29)5-6-21(17,3)23(16,26)19(25)10-22(15,4)24(12,31)20(30)11-32-13(2)28/h5-6,8,12,15-16,18-19,31H,7,9-11H2,1-4H3/t12?,15-,16-,18?,19?,21-,22-,23-,24-/m0/s1. The van der Waals surface area contributed by atoms with E-state index in [0.717, 1.165) is 0 Å². The molecule has 5 nitrogen and oxygen atoms in total. The molecule has 0 aromatic rings. The van der Waals surface area contributed by atoms with Crippen molar-refractivity contribution in [3.8, 4) is 0 Å². The monoisotopic (exact) mass is 486 g/mol. The minimum absolute atomic E-state index is 0.0659. The molecule has 0 aromatic carbocycles. The number of Topliss-reactive ketones (excluding diaryl/α,β-unsaturated/α-hetero) is 1. The Morgan fingerprint density at radius 1 is 1.28 bits per heavy atom. The number of esters is 1. The van der Waals surface area contributed by atoms with Crippen molar-refractivity contribution in [1.29, 1.82) is 0 Å². The van der Waals surface area contributed by atoms with E-state index in [-0.39, 0.29) is 24.5 Å². The van der Waals surface area contributed by atoms with E-state index in [1.807, 2.05) is 13.8 Å². The molecule has 9 atom stereocenters. The fourth-order valence-electron chi connectivity index (χ4n) is 7.35. The van der Waals surface area contributed by atoms with Gasteiger partial charge in [0.05, 0.1) is 10.3 Å². The maximum atomic E-state index is 15.5. The number of alkyl halides is 3. The van der Waals surface area contributed by atoms with E-state index in [2.05, 4.69) is 0 Å². The Bertz CT molecular complexity index is 949. The molecule has 0 radical (unpaired) electrons. The van der Waals surface area contributed by atoms with E-state index < -0.39 is 63.0 Å². The summed E-state index contributed by atoms with van der Waals surface area (Å²) in [6.07, 6.45) is 3.80. The van der Waals surface area contributed by atoms with Crippen LogP contribution in [0.2, 0.25) is 0 Å². The van der Waals surface area contributed by atoms with Gasteiger partial charge in [0.25, 0.3) is 0 Å². The number of ketones is 2. The number of fused-ring (bicyclic) bond motifs is 5. The summed E-state index contributed by atoms with van der Waals surface area (Å²) in [6.45, 7) is 6.11. The van der Waals surface area contributed by atoms with E-state index in [9.17, 15) is 19.5 Å². The SMILES string of the molecule is CC(=O)OCC(=O)[C@@]1(O)C(C)C[C@H]2[C@@H]3CC(F)C4=CC(=O)C=C[C@]4(C)[C@@]3(Cl)C(Cl)C[C@@]21C. The van der Waals surface area contributed by atoms with Crippen LogP contribution in [0.1, 0.15) is 47.0 Å². The van der Waals surface area contributed by atoms with E-state index in [1.54, 1.807) is 13.0 Å².